The summed E-state index contributed by atoms with van der Waals surface area (Å²) in [5.41, 5.74) is 6.68. The van der Waals surface area contributed by atoms with Crippen LogP contribution in [-0.4, -0.2) is 23.4 Å². The summed E-state index contributed by atoms with van der Waals surface area (Å²) in [5.74, 6) is -0.149. The number of non-ortho nitro benzene ring substituents is 1. The van der Waals surface area contributed by atoms with Crippen LogP contribution in [-0.2, 0) is 11.2 Å². The van der Waals surface area contributed by atoms with Crippen LogP contribution in [0.3, 0.4) is 0 Å². The predicted molar refractivity (Wildman–Crippen MR) is 79.9 cm³/mol. The summed E-state index contributed by atoms with van der Waals surface area (Å²) in [7, 11) is 0. The third-order valence-electron chi connectivity index (χ3n) is 2.80. The van der Waals surface area contributed by atoms with Gasteiger partial charge in [-0.05, 0) is 18.4 Å². The molecule has 0 aliphatic rings. The van der Waals surface area contributed by atoms with Crippen LogP contribution >= 0.6 is 12.4 Å². The van der Waals surface area contributed by atoms with Gasteiger partial charge in [-0.15, -0.1) is 12.4 Å². The number of benzene rings is 1. The zero-order chi connectivity index (χ0) is 14.3. The molecule has 3 N–H and O–H groups in total. The van der Waals surface area contributed by atoms with Crippen LogP contribution in [0.2, 0.25) is 0 Å². The van der Waals surface area contributed by atoms with E-state index in [1.54, 1.807) is 12.1 Å². The zero-order valence-electron chi connectivity index (χ0n) is 11.4. The first kappa shape index (κ1) is 18.3. The van der Waals surface area contributed by atoms with Crippen LogP contribution in [0.15, 0.2) is 24.3 Å². The normalized spacial score (nSPS) is 11.3. The highest BCUT2D eigenvalue weighted by atomic mass is 35.5. The van der Waals surface area contributed by atoms with E-state index in [4.69, 9.17) is 5.73 Å². The Balaban J connectivity index is 0.00000361. The highest BCUT2D eigenvalue weighted by molar-refractivity contribution is 5.85. The third-order valence-corrected chi connectivity index (χ3v) is 2.80. The maximum Gasteiger partial charge on any atom is 0.269 e. The Hall–Kier alpha value is -1.66. The molecule has 0 fully saturated rings. The summed E-state index contributed by atoms with van der Waals surface area (Å²) < 4.78 is 0. The fraction of sp³-hybridized carbons (Fsp3) is 0.462. The first-order chi connectivity index (χ1) is 9.04. The molecular weight excluding hydrogens is 282 g/mol. The van der Waals surface area contributed by atoms with E-state index in [0.29, 0.717) is 19.4 Å². The number of rotatable bonds is 7. The molecule has 1 unspecified atom stereocenters. The Morgan fingerprint density at radius 2 is 2.00 bits per heavy atom. The number of halogens is 1. The van der Waals surface area contributed by atoms with E-state index in [0.717, 1.165) is 12.0 Å². The molecule has 0 aromatic heterocycles. The molecule has 1 aromatic carbocycles. The van der Waals surface area contributed by atoms with E-state index in [9.17, 15) is 14.9 Å². The molecular formula is C13H20ClN3O3. The van der Waals surface area contributed by atoms with Crippen LogP contribution in [0.5, 0.6) is 0 Å². The standard InChI is InChI=1S/C13H19N3O3.ClH/c1-2-3-12(14)13(17)15-9-8-10-4-6-11(7-5-10)16(18)19;/h4-7,12H,2-3,8-9,14H2,1H3,(H,15,17);1H. The van der Waals surface area contributed by atoms with E-state index in [2.05, 4.69) is 5.32 Å². The van der Waals surface area contributed by atoms with Gasteiger partial charge in [0.1, 0.15) is 0 Å². The van der Waals surface area contributed by atoms with Crippen molar-refractivity contribution in [1.82, 2.24) is 5.32 Å². The Kier molecular flexibility index (Phi) is 8.51. The lowest BCUT2D eigenvalue weighted by atomic mass is 10.1. The fourth-order valence-electron chi connectivity index (χ4n) is 1.69. The first-order valence-electron chi connectivity index (χ1n) is 6.31. The maximum absolute atomic E-state index is 11.5. The molecule has 20 heavy (non-hydrogen) atoms. The second-order valence-corrected chi connectivity index (χ2v) is 4.36. The van der Waals surface area contributed by atoms with Crippen molar-refractivity contribution in [3.63, 3.8) is 0 Å². The molecule has 0 saturated carbocycles. The van der Waals surface area contributed by atoms with Crippen LogP contribution < -0.4 is 11.1 Å². The molecule has 0 spiro atoms. The summed E-state index contributed by atoms with van der Waals surface area (Å²) in [6.07, 6.45) is 2.17. The number of nitrogens with two attached hydrogens (primary N) is 1. The molecule has 1 amide bonds. The predicted octanol–water partition coefficient (Wildman–Crippen LogP) is 1.80. The summed E-state index contributed by atoms with van der Waals surface area (Å²) >= 11 is 0. The van der Waals surface area contributed by atoms with Crippen molar-refractivity contribution in [3.05, 3.63) is 39.9 Å². The Bertz CT molecular complexity index is 437. The van der Waals surface area contributed by atoms with Crippen molar-refractivity contribution in [2.75, 3.05) is 6.54 Å². The van der Waals surface area contributed by atoms with E-state index in [1.165, 1.54) is 12.1 Å². The van der Waals surface area contributed by atoms with E-state index in [-0.39, 0.29) is 24.0 Å². The minimum atomic E-state index is -0.457. The van der Waals surface area contributed by atoms with Gasteiger partial charge in [-0.2, -0.15) is 0 Å². The Morgan fingerprint density at radius 1 is 1.40 bits per heavy atom. The van der Waals surface area contributed by atoms with Gasteiger partial charge in [-0.1, -0.05) is 25.5 Å². The first-order valence-corrected chi connectivity index (χ1v) is 6.31. The largest absolute Gasteiger partial charge is 0.354 e. The summed E-state index contributed by atoms with van der Waals surface area (Å²) in [6.45, 7) is 2.46. The van der Waals surface area contributed by atoms with Gasteiger partial charge >= 0.3 is 0 Å². The van der Waals surface area contributed by atoms with Gasteiger partial charge in [0, 0.05) is 18.7 Å². The van der Waals surface area contributed by atoms with Crippen molar-refractivity contribution in [3.8, 4) is 0 Å². The number of nitro groups is 1. The van der Waals surface area contributed by atoms with Gasteiger partial charge in [0.2, 0.25) is 5.91 Å². The Morgan fingerprint density at radius 3 is 2.50 bits per heavy atom. The van der Waals surface area contributed by atoms with Crippen molar-refractivity contribution < 1.29 is 9.72 Å². The molecule has 0 heterocycles. The highest BCUT2D eigenvalue weighted by Crippen LogP contribution is 2.11. The second kappa shape index (κ2) is 9.28. The molecule has 6 nitrogen and oxygen atoms in total. The highest BCUT2D eigenvalue weighted by Gasteiger charge is 2.11. The van der Waals surface area contributed by atoms with Gasteiger partial charge in [-0.3, -0.25) is 14.9 Å². The number of nitro benzene ring substituents is 1. The average molecular weight is 302 g/mol. The quantitative estimate of drug-likeness (QED) is 0.592. The zero-order valence-corrected chi connectivity index (χ0v) is 12.2. The van der Waals surface area contributed by atoms with E-state index < -0.39 is 11.0 Å². The number of nitrogens with one attached hydrogen (secondary N) is 1. The lowest BCUT2D eigenvalue weighted by molar-refractivity contribution is -0.384. The smallest absolute Gasteiger partial charge is 0.269 e. The van der Waals surface area contributed by atoms with Crippen molar-refractivity contribution in [1.29, 1.82) is 0 Å². The van der Waals surface area contributed by atoms with Gasteiger partial charge in [0.25, 0.3) is 5.69 Å². The molecule has 0 aliphatic carbocycles. The fourth-order valence-corrected chi connectivity index (χ4v) is 1.69. The molecule has 1 aromatic rings. The summed E-state index contributed by atoms with van der Waals surface area (Å²) in [5, 5.41) is 13.2. The average Bonchev–Trinajstić information content (AvgIpc) is 2.39. The van der Waals surface area contributed by atoms with Gasteiger partial charge in [0.15, 0.2) is 0 Å². The number of amides is 1. The van der Waals surface area contributed by atoms with Crippen molar-refractivity contribution in [2.45, 2.75) is 32.2 Å². The van der Waals surface area contributed by atoms with E-state index >= 15 is 0 Å². The van der Waals surface area contributed by atoms with Crippen LogP contribution in [0.25, 0.3) is 0 Å². The topological polar surface area (TPSA) is 98.3 Å². The number of nitrogens with zero attached hydrogens (tertiary/aromatic N) is 1. The molecule has 0 radical (unpaired) electrons. The molecule has 0 bridgehead atoms. The second-order valence-electron chi connectivity index (χ2n) is 4.36. The maximum atomic E-state index is 11.5. The number of carbonyl (C=O) groups is 1. The third kappa shape index (κ3) is 5.99. The molecule has 1 rings (SSSR count). The van der Waals surface area contributed by atoms with E-state index in [1.807, 2.05) is 6.92 Å². The lowest BCUT2D eigenvalue weighted by Gasteiger charge is -2.10. The number of hydrogen-bond donors (Lipinski definition) is 2. The SMILES string of the molecule is CCCC(N)C(=O)NCCc1ccc([N+](=O)[O-])cc1.Cl. The Labute approximate surface area is 124 Å². The molecule has 0 saturated heterocycles. The molecule has 1 atom stereocenters. The number of hydrogen-bond acceptors (Lipinski definition) is 4. The molecule has 112 valence electrons. The minimum Gasteiger partial charge on any atom is -0.354 e. The summed E-state index contributed by atoms with van der Waals surface area (Å²) in [4.78, 5) is 21.6. The molecule has 7 heteroatoms. The lowest BCUT2D eigenvalue weighted by Crippen LogP contribution is -2.41. The van der Waals surface area contributed by atoms with Crippen LogP contribution in [0, 0.1) is 10.1 Å². The van der Waals surface area contributed by atoms with Crippen LogP contribution in [0.4, 0.5) is 5.69 Å². The summed E-state index contributed by atoms with van der Waals surface area (Å²) in [6, 6.07) is 5.84. The minimum absolute atomic E-state index is 0. The van der Waals surface area contributed by atoms with Crippen molar-refractivity contribution >= 4 is 24.0 Å². The number of carbonyl (C=O) groups excluding carboxylic acids is 1. The van der Waals surface area contributed by atoms with Crippen molar-refractivity contribution in [2.24, 2.45) is 5.73 Å². The van der Waals surface area contributed by atoms with Gasteiger partial charge in [0.05, 0.1) is 11.0 Å². The van der Waals surface area contributed by atoms with Gasteiger partial charge < -0.3 is 11.1 Å². The van der Waals surface area contributed by atoms with Crippen LogP contribution in [0.1, 0.15) is 25.3 Å². The molecule has 0 aliphatic heterocycles. The van der Waals surface area contributed by atoms with Gasteiger partial charge in [-0.25, -0.2) is 0 Å². The monoisotopic (exact) mass is 301 g/mol.